The van der Waals surface area contributed by atoms with Crippen LogP contribution >= 0.6 is 11.3 Å². The Labute approximate surface area is 165 Å². The molecule has 1 aromatic carbocycles. The number of ether oxygens (including phenoxy) is 2. The molecule has 2 aromatic rings. The average Bonchev–Trinajstić information content (AvgIpc) is 3.14. The zero-order valence-corrected chi connectivity index (χ0v) is 17.6. The molecule has 0 saturated heterocycles. The number of aryl methyl sites for hydroxylation is 1. The van der Waals surface area contributed by atoms with Gasteiger partial charge >= 0.3 is 0 Å². The molecule has 0 bridgehead atoms. The number of amides is 1. The minimum atomic E-state index is -0.206. The van der Waals surface area contributed by atoms with Gasteiger partial charge in [-0.3, -0.25) is 9.69 Å². The molecular weight excluding hydrogens is 362 g/mol. The van der Waals surface area contributed by atoms with Gasteiger partial charge in [0.1, 0.15) is 0 Å². The molecular formula is C20H29N3O3S. The Balaban J connectivity index is 1.82. The summed E-state index contributed by atoms with van der Waals surface area (Å²) >= 11 is 1.71. The fourth-order valence-corrected chi connectivity index (χ4v) is 3.61. The largest absolute Gasteiger partial charge is 0.493 e. The van der Waals surface area contributed by atoms with Crippen molar-refractivity contribution in [2.75, 3.05) is 27.8 Å². The Kier molecular flexibility index (Phi) is 8.06. The number of carbonyl (C=O) groups excluding carboxylic acids is 1. The van der Waals surface area contributed by atoms with E-state index in [0.29, 0.717) is 18.0 Å². The maximum atomic E-state index is 12.4. The first-order valence-corrected chi connectivity index (χ1v) is 9.92. The van der Waals surface area contributed by atoms with Crippen molar-refractivity contribution in [2.24, 2.45) is 0 Å². The number of aromatic nitrogens is 1. The van der Waals surface area contributed by atoms with Crippen molar-refractivity contribution in [3.8, 4) is 11.5 Å². The quantitative estimate of drug-likeness (QED) is 0.675. The van der Waals surface area contributed by atoms with Gasteiger partial charge in [0.05, 0.1) is 25.3 Å². The van der Waals surface area contributed by atoms with Gasteiger partial charge in [-0.1, -0.05) is 13.0 Å². The number of methoxy groups -OCH3 is 2. The first-order valence-electron chi connectivity index (χ1n) is 9.10. The Hall–Kier alpha value is -2.12. The van der Waals surface area contributed by atoms with Crippen LogP contribution in [0.4, 0.5) is 0 Å². The van der Waals surface area contributed by atoms with Crippen molar-refractivity contribution < 1.29 is 14.3 Å². The SMILES string of the molecule is CCc1ncc(CN(C)C(C)C(=O)NCCc2ccc(OC)c(OC)c2)s1. The summed E-state index contributed by atoms with van der Waals surface area (Å²) in [7, 11) is 5.20. The van der Waals surface area contributed by atoms with Crippen LogP contribution in [0.5, 0.6) is 11.5 Å². The van der Waals surface area contributed by atoms with Gasteiger partial charge in [0.15, 0.2) is 11.5 Å². The molecule has 1 amide bonds. The van der Waals surface area contributed by atoms with Crippen LogP contribution in [0.25, 0.3) is 0 Å². The third-order valence-electron chi connectivity index (χ3n) is 4.51. The number of carbonyl (C=O) groups is 1. The van der Waals surface area contributed by atoms with Crippen molar-refractivity contribution >= 4 is 17.2 Å². The van der Waals surface area contributed by atoms with Gasteiger partial charge in [-0.05, 0) is 44.5 Å². The number of hydrogen-bond donors (Lipinski definition) is 1. The molecule has 0 radical (unpaired) electrons. The lowest BCUT2D eigenvalue weighted by Gasteiger charge is -2.23. The molecule has 1 aromatic heterocycles. The highest BCUT2D eigenvalue weighted by Crippen LogP contribution is 2.27. The number of nitrogens with one attached hydrogen (secondary N) is 1. The van der Waals surface area contributed by atoms with Crippen LogP contribution < -0.4 is 14.8 Å². The van der Waals surface area contributed by atoms with Crippen LogP contribution in [0.15, 0.2) is 24.4 Å². The lowest BCUT2D eigenvalue weighted by Crippen LogP contribution is -2.43. The van der Waals surface area contributed by atoms with Crippen molar-refractivity contribution in [2.45, 2.75) is 39.3 Å². The molecule has 148 valence electrons. The third kappa shape index (κ3) is 5.94. The van der Waals surface area contributed by atoms with Gasteiger partial charge in [0.25, 0.3) is 0 Å². The normalized spacial score (nSPS) is 12.1. The molecule has 7 heteroatoms. The van der Waals surface area contributed by atoms with Crippen LogP contribution in [0, 0.1) is 0 Å². The first-order chi connectivity index (χ1) is 13.0. The van der Waals surface area contributed by atoms with Gasteiger partial charge in [-0.15, -0.1) is 11.3 Å². The summed E-state index contributed by atoms with van der Waals surface area (Å²) in [6.07, 6.45) is 3.58. The van der Waals surface area contributed by atoms with Gasteiger partial charge in [-0.25, -0.2) is 4.98 Å². The molecule has 0 aliphatic rings. The van der Waals surface area contributed by atoms with Gasteiger partial charge < -0.3 is 14.8 Å². The van der Waals surface area contributed by atoms with Crippen LogP contribution in [-0.2, 0) is 24.2 Å². The lowest BCUT2D eigenvalue weighted by atomic mass is 10.1. The molecule has 1 heterocycles. The standard InChI is InChI=1S/C20H29N3O3S/c1-6-19-22-12-16(27-19)13-23(3)14(2)20(24)21-10-9-15-7-8-17(25-4)18(11-15)26-5/h7-8,11-12,14H,6,9-10,13H2,1-5H3,(H,21,24). The molecule has 0 aliphatic carbocycles. The zero-order chi connectivity index (χ0) is 19.8. The Bertz CT molecular complexity index is 748. The third-order valence-corrected chi connectivity index (χ3v) is 5.64. The fourth-order valence-electron chi connectivity index (χ4n) is 2.68. The second-order valence-corrected chi connectivity index (χ2v) is 7.60. The number of likely N-dealkylation sites (N-methyl/N-ethyl adjacent to an activating group) is 1. The molecule has 0 aliphatic heterocycles. The maximum Gasteiger partial charge on any atom is 0.237 e. The predicted molar refractivity (Wildman–Crippen MR) is 109 cm³/mol. The van der Waals surface area contributed by atoms with E-state index in [-0.39, 0.29) is 11.9 Å². The van der Waals surface area contributed by atoms with E-state index in [1.165, 1.54) is 4.88 Å². The van der Waals surface area contributed by atoms with E-state index in [2.05, 4.69) is 17.2 Å². The Morgan fingerprint density at radius 3 is 2.67 bits per heavy atom. The molecule has 2 rings (SSSR count). The monoisotopic (exact) mass is 391 g/mol. The molecule has 27 heavy (non-hydrogen) atoms. The summed E-state index contributed by atoms with van der Waals surface area (Å²) in [4.78, 5) is 20.0. The van der Waals surface area contributed by atoms with Gasteiger partial charge in [0, 0.05) is 24.2 Å². The minimum absolute atomic E-state index is 0.0261. The second-order valence-electron chi connectivity index (χ2n) is 6.40. The number of benzene rings is 1. The molecule has 6 nitrogen and oxygen atoms in total. The Morgan fingerprint density at radius 2 is 2.04 bits per heavy atom. The van der Waals surface area contributed by atoms with Crippen molar-refractivity contribution in [1.82, 2.24) is 15.2 Å². The first kappa shape index (κ1) is 21.2. The van der Waals surface area contributed by atoms with Crippen LogP contribution in [0.2, 0.25) is 0 Å². The van der Waals surface area contributed by atoms with E-state index in [1.807, 2.05) is 43.3 Å². The highest BCUT2D eigenvalue weighted by molar-refractivity contribution is 7.11. The number of rotatable bonds is 10. The lowest BCUT2D eigenvalue weighted by molar-refractivity contribution is -0.125. The smallest absolute Gasteiger partial charge is 0.237 e. The molecule has 1 atom stereocenters. The van der Waals surface area contributed by atoms with E-state index in [0.717, 1.165) is 30.0 Å². The summed E-state index contributed by atoms with van der Waals surface area (Å²) in [5.74, 6) is 1.43. The molecule has 0 saturated carbocycles. The zero-order valence-electron chi connectivity index (χ0n) is 16.7. The molecule has 0 spiro atoms. The predicted octanol–water partition coefficient (Wildman–Crippen LogP) is 2.90. The Morgan fingerprint density at radius 1 is 1.30 bits per heavy atom. The van der Waals surface area contributed by atoms with E-state index in [9.17, 15) is 4.79 Å². The number of thiazole rings is 1. The summed E-state index contributed by atoms with van der Waals surface area (Å²) in [5, 5.41) is 4.15. The number of hydrogen-bond acceptors (Lipinski definition) is 6. The highest BCUT2D eigenvalue weighted by Gasteiger charge is 2.18. The molecule has 1 unspecified atom stereocenters. The van der Waals surface area contributed by atoms with Gasteiger partial charge in [-0.2, -0.15) is 0 Å². The van der Waals surface area contributed by atoms with Crippen LogP contribution in [0.3, 0.4) is 0 Å². The van der Waals surface area contributed by atoms with Crippen LogP contribution in [0.1, 0.15) is 29.3 Å². The summed E-state index contributed by atoms with van der Waals surface area (Å²) < 4.78 is 10.6. The second kappa shape index (κ2) is 10.3. The molecule has 1 N–H and O–H groups in total. The number of nitrogens with zero attached hydrogens (tertiary/aromatic N) is 2. The summed E-state index contributed by atoms with van der Waals surface area (Å²) in [5.41, 5.74) is 1.09. The van der Waals surface area contributed by atoms with E-state index in [1.54, 1.807) is 25.6 Å². The topological polar surface area (TPSA) is 63.7 Å². The van der Waals surface area contributed by atoms with Crippen molar-refractivity contribution in [1.29, 1.82) is 0 Å². The minimum Gasteiger partial charge on any atom is -0.493 e. The maximum absolute atomic E-state index is 12.4. The van der Waals surface area contributed by atoms with E-state index < -0.39 is 0 Å². The highest BCUT2D eigenvalue weighted by atomic mass is 32.1. The summed E-state index contributed by atoms with van der Waals surface area (Å²) in [6.45, 7) is 5.32. The van der Waals surface area contributed by atoms with Crippen molar-refractivity contribution in [3.05, 3.63) is 39.8 Å². The summed E-state index contributed by atoms with van der Waals surface area (Å²) in [6, 6.07) is 5.60. The van der Waals surface area contributed by atoms with Crippen LogP contribution in [-0.4, -0.2) is 49.6 Å². The molecule has 0 fully saturated rings. The fraction of sp³-hybridized carbons (Fsp3) is 0.500. The van der Waals surface area contributed by atoms with Gasteiger partial charge in [0.2, 0.25) is 5.91 Å². The van der Waals surface area contributed by atoms with Crippen molar-refractivity contribution in [3.63, 3.8) is 0 Å². The van der Waals surface area contributed by atoms with E-state index in [4.69, 9.17) is 9.47 Å². The average molecular weight is 392 g/mol. The van der Waals surface area contributed by atoms with E-state index >= 15 is 0 Å².